The number of halogens is 1. The molecule has 0 aliphatic heterocycles. The number of nitrogens with two attached hydrogens (primary N) is 1. The number of pyridine rings is 1. The van der Waals surface area contributed by atoms with Gasteiger partial charge in [0, 0.05) is 21.6 Å². The Morgan fingerprint density at radius 3 is 3.12 bits per heavy atom. The van der Waals surface area contributed by atoms with Gasteiger partial charge in [0.15, 0.2) is 5.11 Å². The van der Waals surface area contributed by atoms with Crippen LogP contribution in [0.15, 0.2) is 40.0 Å². The Balaban J connectivity index is 2.40. The quantitative estimate of drug-likeness (QED) is 0.507. The van der Waals surface area contributed by atoms with E-state index in [1.807, 2.05) is 24.3 Å². The van der Waals surface area contributed by atoms with E-state index in [4.69, 9.17) is 5.73 Å². The summed E-state index contributed by atoms with van der Waals surface area (Å²) in [5.41, 5.74) is 9.57. The van der Waals surface area contributed by atoms with E-state index in [2.05, 4.69) is 43.7 Å². The predicted octanol–water partition coefficient (Wildman–Crippen LogP) is 2.16. The summed E-state index contributed by atoms with van der Waals surface area (Å²) in [6.45, 7) is 0. The highest BCUT2D eigenvalue weighted by Crippen LogP contribution is 2.19. The molecule has 0 atom stereocenters. The Kier molecular flexibility index (Phi) is 3.65. The third kappa shape index (κ3) is 2.98. The van der Waals surface area contributed by atoms with Crippen LogP contribution in [0.5, 0.6) is 0 Å². The molecule has 1 aromatic heterocycles. The first kappa shape index (κ1) is 11.9. The summed E-state index contributed by atoms with van der Waals surface area (Å²) in [4.78, 5) is 4.35. The van der Waals surface area contributed by atoms with Crippen molar-refractivity contribution in [3.05, 3.63) is 40.5 Å². The topological polar surface area (TPSA) is 63.3 Å². The number of thiocarbonyl (C=S) groups is 1. The van der Waals surface area contributed by atoms with E-state index in [1.54, 1.807) is 12.4 Å². The number of hydrazone groups is 1. The van der Waals surface area contributed by atoms with Gasteiger partial charge in [-0.05, 0) is 34.2 Å². The van der Waals surface area contributed by atoms with Crippen LogP contribution in [0.3, 0.4) is 0 Å². The second kappa shape index (κ2) is 5.20. The molecular formula is C11H9BrN4S. The molecule has 0 amide bonds. The van der Waals surface area contributed by atoms with Crippen molar-refractivity contribution in [1.29, 1.82) is 0 Å². The maximum absolute atomic E-state index is 5.27. The number of benzene rings is 1. The lowest BCUT2D eigenvalue weighted by molar-refractivity contribution is 1.04. The van der Waals surface area contributed by atoms with Crippen LogP contribution in [-0.4, -0.2) is 16.3 Å². The van der Waals surface area contributed by atoms with Crippen LogP contribution in [0.2, 0.25) is 0 Å². The van der Waals surface area contributed by atoms with Gasteiger partial charge in [0.25, 0.3) is 0 Å². The lowest BCUT2D eigenvalue weighted by Crippen LogP contribution is -2.24. The number of aromatic nitrogens is 1. The van der Waals surface area contributed by atoms with E-state index >= 15 is 0 Å². The van der Waals surface area contributed by atoms with Crippen LogP contribution in [-0.2, 0) is 0 Å². The zero-order chi connectivity index (χ0) is 12.3. The molecule has 0 aliphatic rings. The minimum absolute atomic E-state index is 0.136. The van der Waals surface area contributed by atoms with Crippen molar-refractivity contribution < 1.29 is 0 Å². The van der Waals surface area contributed by atoms with Crippen molar-refractivity contribution in [1.82, 2.24) is 10.4 Å². The van der Waals surface area contributed by atoms with Gasteiger partial charge in [0.05, 0.1) is 11.7 Å². The Labute approximate surface area is 112 Å². The molecule has 3 N–H and O–H groups in total. The van der Waals surface area contributed by atoms with Gasteiger partial charge < -0.3 is 5.73 Å². The fourth-order valence-corrected chi connectivity index (χ4v) is 1.83. The molecule has 0 saturated carbocycles. The number of nitrogens with zero attached hydrogens (tertiary/aromatic N) is 2. The molecule has 4 nitrogen and oxygen atoms in total. The zero-order valence-corrected chi connectivity index (χ0v) is 11.1. The highest BCUT2D eigenvalue weighted by Gasteiger charge is 2.00. The molecule has 0 spiro atoms. The normalized spacial score (nSPS) is 10.9. The molecule has 17 heavy (non-hydrogen) atoms. The van der Waals surface area contributed by atoms with E-state index in [1.165, 1.54) is 0 Å². The van der Waals surface area contributed by atoms with Crippen molar-refractivity contribution >= 4 is 50.4 Å². The maximum Gasteiger partial charge on any atom is 0.184 e. The third-order valence-electron chi connectivity index (χ3n) is 2.09. The predicted molar refractivity (Wildman–Crippen MR) is 77.0 cm³/mol. The molecule has 0 fully saturated rings. The van der Waals surface area contributed by atoms with Gasteiger partial charge in [-0.15, -0.1) is 0 Å². The summed E-state index contributed by atoms with van der Waals surface area (Å²) in [5.74, 6) is 0. The summed E-state index contributed by atoms with van der Waals surface area (Å²) >= 11 is 8.04. The monoisotopic (exact) mass is 308 g/mol. The van der Waals surface area contributed by atoms with Crippen molar-refractivity contribution in [2.45, 2.75) is 0 Å². The van der Waals surface area contributed by atoms with Gasteiger partial charge in [0.1, 0.15) is 0 Å². The summed E-state index contributed by atoms with van der Waals surface area (Å²) < 4.78 is 0.945. The minimum atomic E-state index is 0.136. The van der Waals surface area contributed by atoms with Crippen molar-refractivity contribution in [3.63, 3.8) is 0 Å². The third-order valence-corrected chi connectivity index (χ3v) is 2.61. The molecule has 0 saturated heterocycles. The first-order chi connectivity index (χ1) is 8.16. The second-order valence-corrected chi connectivity index (χ2v) is 4.66. The van der Waals surface area contributed by atoms with E-state index in [0.29, 0.717) is 0 Å². The van der Waals surface area contributed by atoms with E-state index in [9.17, 15) is 0 Å². The summed E-state index contributed by atoms with van der Waals surface area (Å²) in [6, 6.07) is 7.86. The van der Waals surface area contributed by atoms with Gasteiger partial charge in [-0.2, -0.15) is 5.10 Å². The molecule has 0 radical (unpaired) electrons. The smallest absolute Gasteiger partial charge is 0.184 e. The lowest BCUT2D eigenvalue weighted by Gasteiger charge is -2.01. The van der Waals surface area contributed by atoms with Crippen molar-refractivity contribution in [2.75, 3.05) is 0 Å². The fraction of sp³-hybridized carbons (Fsp3) is 0. The van der Waals surface area contributed by atoms with Gasteiger partial charge >= 0.3 is 0 Å². The van der Waals surface area contributed by atoms with Crippen molar-refractivity contribution in [3.8, 4) is 0 Å². The fourth-order valence-electron chi connectivity index (χ4n) is 1.43. The molecule has 1 heterocycles. The number of rotatable bonds is 2. The average molecular weight is 309 g/mol. The van der Waals surface area contributed by atoms with Gasteiger partial charge in [-0.1, -0.05) is 18.2 Å². The summed E-state index contributed by atoms with van der Waals surface area (Å²) in [5, 5.41) is 5.10. The van der Waals surface area contributed by atoms with E-state index in [0.717, 1.165) is 20.9 Å². The minimum Gasteiger partial charge on any atom is -0.375 e. The maximum atomic E-state index is 5.27. The first-order valence-electron chi connectivity index (χ1n) is 4.79. The Morgan fingerprint density at radius 1 is 1.53 bits per heavy atom. The zero-order valence-electron chi connectivity index (χ0n) is 8.72. The van der Waals surface area contributed by atoms with Crippen LogP contribution in [0, 0.1) is 0 Å². The SMILES string of the molecule is NC(=S)NN=Cc1cccc2cc(Br)cnc12. The van der Waals surface area contributed by atoms with E-state index < -0.39 is 0 Å². The van der Waals surface area contributed by atoms with Crippen LogP contribution < -0.4 is 11.2 Å². The van der Waals surface area contributed by atoms with Crippen LogP contribution in [0.25, 0.3) is 10.9 Å². The second-order valence-electron chi connectivity index (χ2n) is 3.31. The highest BCUT2D eigenvalue weighted by molar-refractivity contribution is 9.10. The number of hydrogen-bond acceptors (Lipinski definition) is 3. The molecule has 0 unspecified atom stereocenters. The van der Waals surface area contributed by atoms with Crippen LogP contribution >= 0.6 is 28.1 Å². The van der Waals surface area contributed by atoms with Gasteiger partial charge in [-0.25, -0.2) is 0 Å². The largest absolute Gasteiger partial charge is 0.375 e. The highest BCUT2D eigenvalue weighted by atomic mass is 79.9. The van der Waals surface area contributed by atoms with Crippen molar-refractivity contribution in [2.24, 2.45) is 10.8 Å². The molecule has 0 bridgehead atoms. The summed E-state index contributed by atoms with van der Waals surface area (Å²) in [6.07, 6.45) is 3.39. The lowest BCUT2D eigenvalue weighted by atomic mass is 10.1. The van der Waals surface area contributed by atoms with Gasteiger partial charge in [-0.3, -0.25) is 10.4 Å². The first-order valence-corrected chi connectivity index (χ1v) is 6.00. The summed E-state index contributed by atoms with van der Waals surface area (Å²) in [7, 11) is 0. The number of nitrogens with one attached hydrogen (secondary N) is 1. The molecule has 2 rings (SSSR count). The Bertz CT molecular complexity index is 597. The average Bonchev–Trinajstić information content (AvgIpc) is 2.28. The molecule has 86 valence electrons. The molecule has 2 aromatic rings. The molecule has 0 aliphatic carbocycles. The number of fused-ring (bicyclic) bond motifs is 1. The Hall–Kier alpha value is -1.53. The number of hydrogen-bond donors (Lipinski definition) is 2. The standard InChI is InChI=1S/C11H9BrN4S/c12-9-4-7-2-1-3-8(10(7)14-6-9)5-15-16-11(13)17/h1-6H,(H3,13,16,17). The molecule has 1 aromatic carbocycles. The van der Waals surface area contributed by atoms with Gasteiger partial charge in [0.2, 0.25) is 0 Å². The Morgan fingerprint density at radius 2 is 2.35 bits per heavy atom. The van der Waals surface area contributed by atoms with Crippen LogP contribution in [0.1, 0.15) is 5.56 Å². The molecule has 6 heteroatoms. The number of para-hydroxylation sites is 1. The van der Waals surface area contributed by atoms with Crippen LogP contribution in [0.4, 0.5) is 0 Å². The molecular weight excluding hydrogens is 300 g/mol. The van der Waals surface area contributed by atoms with E-state index in [-0.39, 0.29) is 5.11 Å².